The summed E-state index contributed by atoms with van der Waals surface area (Å²) in [6, 6.07) is -0.0919. The average molecular weight is 265 g/mol. The third-order valence-corrected chi connectivity index (χ3v) is 3.70. The number of aromatic nitrogens is 1. The van der Waals surface area contributed by atoms with Crippen LogP contribution in [-0.2, 0) is 11.3 Å². The summed E-state index contributed by atoms with van der Waals surface area (Å²) in [7, 11) is 1.84. The highest BCUT2D eigenvalue weighted by molar-refractivity contribution is 5.82. The van der Waals surface area contributed by atoms with E-state index in [2.05, 4.69) is 24.1 Å². The van der Waals surface area contributed by atoms with Crippen LogP contribution < -0.4 is 5.32 Å². The van der Waals surface area contributed by atoms with E-state index in [-0.39, 0.29) is 17.4 Å². The summed E-state index contributed by atoms with van der Waals surface area (Å²) < 4.78 is 5.49. The van der Waals surface area contributed by atoms with E-state index in [1.807, 2.05) is 18.9 Å². The predicted octanol–water partition coefficient (Wildman–Crippen LogP) is 1.72. The van der Waals surface area contributed by atoms with Gasteiger partial charge in [-0.3, -0.25) is 4.79 Å². The lowest BCUT2D eigenvalue weighted by Crippen LogP contribution is -2.44. The highest BCUT2D eigenvalue weighted by atomic mass is 16.4. The van der Waals surface area contributed by atoms with Gasteiger partial charge in [-0.05, 0) is 25.3 Å². The Hall–Kier alpha value is -1.36. The molecule has 106 valence electrons. The predicted molar refractivity (Wildman–Crippen MR) is 72.5 cm³/mol. The molecule has 5 nitrogen and oxygen atoms in total. The van der Waals surface area contributed by atoms with E-state index in [1.54, 1.807) is 6.20 Å². The molecular weight excluding hydrogens is 242 g/mol. The number of rotatable bonds is 3. The minimum absolute atomic E-state index is 0.0919. The van der Waals surface area contributed by atoms with Crippen LogP contribution in [0.3, 0.4) is 0 Å². The first kappa shape index (κ1) is 14.1. The molecule has 1 N–H and O–H groups in total. The molecule has 2 heterocycles. The molecule has 5 heteroatoms. The van der Waals surface area contributed by atoms with Crippen molar-refractivity contribution in [1.82, 2.24) is 15.2 Å². The molecule has 0 aromatic carbocycles. The van der Waals surface area contributed by atoms with Crippen LogP contribution in [0, 0.1) is 12.3 Å². The Bertz CT molecular complexity index is 453. The number of likely N-dealkylation sites (N-methyl/N-ethyl adjacent to an activating group) is 1. The van der Waals surface area contributed by atoms with Crippen molar-refractivity contribution in [2.45, 2.75) is 46.2 Å². The van der Waals surface area contributed by atoms with Gasteiger partial charge in [-0.2, -0.15) is 0 Å². The lowest BCUT2D eigenvalue weighted by molar-refractivity contribution is -0.134. The summed E-state index contributed by atoms with van der Waals surface area (Å²) in [5.74, 6) is 1.54. The Morgan fingerprint density at radius 3 is 2.89 bits per heavy atom. The Morgan fingerprint density at radius 2 is 2.32 bits per heavy atom. The highest BCUT2D eigenvalue weighted by Crippen LogP contribution is 2.29. The molecule has 1 atom stereocenters. The van der Waals surface area contributed by atoms with Crippen molar-refractivity contribution in [2.24, 2.45) is 5.41 Å². The summed E-state index contributed by atoms with van der Waals surface area (Å²) in [6.45, 7) is 7.48. The third-order valence-electron chi connectivity index (χ3n) is 3.70. The zero-order chi connectivity index (χ0) is 14.0. The van der Waals surface area contributed by atoms with E-state index in [4.69, 9.17) is 4.42 Å². The first-order valence-electron chi connectivity index (χ1n) is 6.79. The molecule has 0 saturated carbocycles. The van der Waals surface area contributed by atoms with E-state index in [0.717, 1.165) is 25.1 Å². The van der Waals surface area contributed by atoms with Gasteiger partial charge in [0.2, 0.25) is 5.91 Å². The van der Waals surface area contributed by atoms with E-state index in [1.165, 1.54) is 0 Å². The first-order valence-corrected chi connectivity index (χ1v) is 6.79. The Balaban J connectivity index is 2.16. The topological polar surface area (TPSA) is 58.4 Å². The number of nitrogens with zero attached hydrogens (tertiary/aromatic N) is 2. The van der Waals surface area contributed by atoms with Gasteiger partial charge in [0.15, 0.2) is 5.89 Å². The highest BCUT2D eigenvalue weighted by Gasteiger charge is 2.34. The van der Waals surface area contributed by atoms with Gasteiger partial charge in [0.1, 0.15) is 5.76 Å². The number of likely N-dealkylation sites (tertiary alicyclic amines) is 1. The molecule has 1 amide bonds. The lowest BCUT2D eigenvalue weighted by atomic mass is 9.87. The number of oxazole rings is 1. The van der Waals surface area contributed by atoms with Crippen LogP contribution in [0.25, 0.3) is 0 Å². The van der Waals surface area contributed by atoms with E-state index < -0.39 is 0 Å². The number of carbonyl (C=O) groups is 1. The fourth-order valence-corrected chi connectivity index (χ4v) is 2.62. The van der Waals surface area contributed by atoms with Crippen molar-refractivity contribution >= 4 is 5.91 Å². The second-order valence-electron chi connectivity index (χ2n) is 6.08. The Kier molecular flexibility index (Phi) is 3.94. The largest absolute Gasteiger partial charge is 0.444 e. The summed E-state index contributed by atoms with van der Waals surface area (Å²) in [5.41, 5.74) is 0.135. The summed E-state index contributed by atoms with van der Waals surface area (Å²) in [4.78, 5) is 18.4. The summed E-state index contributed by atoms with van der Waals surface area (Å²) >= 11 is 0. The summed E-state index contributed by atoms with van der Waals surface area (Å²) in [5, 5.41) is 3.11. The monoisotopic (exact) mass is 265 g/mol. The molecule has 1 unspecified atom stereocenters. The fourth-order valence-electron chi connectivity index (χ4n) is 2.62. The van der Waals surface area contributed by atoms with Crippen molar-refractivity contribution in [2.75, 3.05) is 13.6 Å². The summed E-state index contributed by atoms with van der Waals surface area (Å²) in [6.07, 6.45) is 3.62. The molecule has 1 aliphatic heterocycles. The lowest BCUT2D eigenvalue weighted by Gasteiger charge is -2.29. The molecule has 0 bridgehead atoms. The smallest absolute Gasteiger partial charge is 0.240 e. The van der Waals surface area contributed by atoms with Gasteiger partial charge in [-0.1, -0.05) is 13.8 Å². The van der Waals surface area contributed by atoms with Gasteiger partial charge in [-0.25, -0.2) is 4.98 Å². The molecule has 1 aromatic heterocycles. The van der Waals surface area contributed by atoms with Crippen LogP contribution in [-0.4, -0.2) is 35.4 Å². The Morgan fingerprint density at radius 1 is 1.58 bits per heavy atom. The normalized spacial score (nSPS) is 23.5. The quantitative estimate of drug-likeness (QED) is 0.904. The molecule has 0 aliphatic carbocycles. The van der Waals surface area contributed by atoms with Crippen LogP contribution >= 0.6 is 0 Å². The first-order chi connectivity index (χ1) is 8.91. The van der Waals surface area contributed by atoms with Crippen molar-refractivity contribution < 1.29 is 9.21 Å². The zero-order valence-corrected chi connectivity index (χ0v) is 12.2. The van der Waals surface area contributed by atoms with Crippen LogP contribution in [0.4, 0.5) is 0 Å². The number of hydrogen-bond donors (Lipinski definition) is 1. The molecular formula is C14H23N3O2. The molecule has 0 radical (unpaired) electrons. The molecule has 19 heavy (non-hydrogen) atoms. The average Bonchev–Trinajstić information content (AvgIpc) is 2.69. The zero-order valence-electron chi connectivity index (χ0n) is 12.2. The van der Waals surface area contributed by atoms with Gasteiger partial charge in [-0.15, -0.1) is 0 Å². The minimum Gasteiger partial charge on any atom is -0.444 e. The van der Waals surface area contributed by atoms with E-state index >= 15 is 0 Å². The van der Waals surface area contributed by atoms with Gasteiger partial charge >= 0.3 is 0 Å². The SMILES string of the molecule is CNC1CCC(C)(C)CN(Cc2cnc(C)o2)C1=O. The minimum atomic E-state index is -0.0919. The van der Waals surface area contributed by atoms with Crippen molar-refractivity contribution in [1.29, 1.82) is 0 Å². The maximum atomic E-state index is 12.5. The maximum absolute atomic E-state index is 12.5. The number of amides is 1. The second-order valence-corrected chi connectivity index (χ2v) is 6.08. The molecule has 1 aromatic rings. The molecule has 0 spiro atoms. The molecule has 1 fully saturated rings. The van der Waals surface area contributed by atoms with Crippen molar-refractivity contribution in [3.05, 3.63) is 17.8 Å². The van der Waals surface area contributed by atoms with Crippen molar-refractivity contribution in [3.63, 3.8) is 0 Å². The van der Waals surface area contributed by atoms with Crippen molar-refractivity contribution in [3.8, 4) is 0 Å². The fraction of sp³-hybridized carbons (Fsp3) is 0.714. The number of nitrogens with one attached hydrogen (secondary N) is 1. The van der Waals surface area contributed by atoms with Gasteiger partial charge in [0, 0.05) is 13.5 Å². The van der Waals surface area contributed by atoms with Gasteiger partial charge in [0.25, 0.3) is 0 Å². The van der Waals surface area contributed by atoms with E-state index in [0.29, 0.717) is 12.4 Å². The van der Waals surface area contributed by atoms with Crippen LogP contribution in [0.5, 0.6) is 0 Å². The second kappa shape index (κ2) is 5.33. The number of hydrogen-bond acceptors (Lipinski definition) is 4. The number of aryl methyl sites for hydroxylation is 1. The van der Waals surface area contributed by atoms with E-state index in [9.17, 15) is 4.79 Å². The van der Waals surface area contributed by atoms with Crippen LogP contribution in [0.15, 0.2) is 10.6 Å². The third kappa shape index (κ3) is 3.35. The van der Waals surface area contributed by atoms with Gasteiger partial charge < -0.3 is 14.6 Å². The van der Waals surface area contributed by atoms with Gasteiger partial charge in [0.05, 0.1) is 18.8 Å². The maximum Gasteiger partial charge on any atom is 0.240 e. The molecule has 1 aliphatic rings. The molecule has 1 saturated heterocycles. The number of carbonyl (C=O) groups excluding carboxylic acids is 1. The Labute approximate surface area is 114 Å². The molecule has 2 rings (SSSR count). The standard InChI is InChI=1S/C14H23N3O2/c1-10-16-7-11(19-10)8-17-9-14(2,3)6-5-12(15-4)13(17)18/h7,12,15H,5-6,8-9H2,1-4H3. The van der Waals surface area contributed by atoms with Crippen LogP contribution in [0.2, 0.25) is 0 Å². The van der Waals surface area contributed by atoms with Crippen LogP contribution in [0.1, 0.15) is 38.3 Å².